The lowest BCUT2D eigenvalue weighted by Crippen LogP contribution is -2.05. The van der Waals surface area contributed by atoms with Gasteiger partial charge < -0.3 is 13.9 Å². The van der Waals surface area contributed by atoms with Gasteiger partial charge in [0.2, 0.25) is 5.89 Å². The Hall–Kier alpha value is -3.10. The molecule has 0 radical (unpaired) electrons. The Balaban J connectivity index is 1.30. The Morgan fingerprint density at radius 1 is 1.10 bits per heavy atom. The summed E-state index contributed by atoms with van der Waals surface area (Å²) in [6.45, 7) is 0.0405. The first-order valence-electron chi connectivity index (χ1n) is 9.07. The summed E-state index contributed by atoms with van der Waals surface area (Å²) in [7, 11) is 1.61. The summed E-state index contributed by atoms with van der Waals surface area (Å²) >= 11 is 3.26. The van der Waals surface area contributed by atoms with Crippen LogP contribution in [0.3, 0.4) is 0 Å². The van der Waals surface area contributed by atoms with Crippen LogP contribution in [0.4, 0.5) is 0 Å². The van der Waals surface area contributed by atoms with Gasteiger partial charge in [-0.25, -0.2) is 14.8 Å². The third-order valence-corrected chi connectivity index (χ3v) is 5.88. The van der Waals surface area contributed by atoms with E-state index in [-0.39, 0.29) is 6.61 Å². The van der Waals surface area contributed by atoms with Crippen LogP contribution in [-0.2, 0) is 17.1 Å². The molecule has 0 N–H and O–H groups in total. The van der Waals surface area contributed by atoms with Gasteiger partial charge in [-0.1, -0.05) is 0 Å². The van der Waals surface area contributed by atoms with Crippen molar-refractivity contribution in [3.63, 3.8) is 0 Å². The number of thiazole rings is 1. The zero-order valence-corrected chi connectivity index (χ0v) is 17.7. The van der Waals surface area contributed by atoms with E-state index in [9.17, 15) is 4.79 Å². The third kappa shape index (κ3) is 5.08. The Morgan fingerprint density at radius 2 is 1.90 bits per heavy atom. The lowest BCUT2D eigenvalue weighted by molar-refractivity contribution is 0.0467. The van der Waals surface area contributed by atoms with E-state index in [0.29, 0.717) is 17.1 Å². The quantitative estimate of drug-likeness (QED) is 0.267. The van der Waals surface area contributed by atoms with Crippen molar-refractivity contribution >= 4 is 29.1 Å². The highest BCUT2D eigenvalue weighted by Gasteiger charge is 2.11. The van der Waals surface area contributed by atoms with Crippen LogP contribution in [0.1, 0.15) is 21.7 Å². The van der Waals surface area contributed by atoms with Crippen molar-refractivity contribution in [3.05, 3.63) is 82.6 Å². The molecular formula is C22H18N2O4S2. The average molecular weight is 439 g/mol. The predicted octanol–water partition coefficient (Wildman–Crippen LogP) is 5.46. The van der Waals surface area contributed by atoms with E-state index in [1.54, 1.807) is 42.3 Å². The van der Waals surface area contributed by atoms with E-state index >= 15 is 0 Å². The maximum absolute atomic E-state index is 12.3. The summed E-state index contributed by atoms with van der Waals surface area (Å²) in [4.78, 5) is 22.0. The molecule has 0 aliphatic rings. The first kappa shape index (κ1) is 20.2. The first-order valence-corrected chi connectivity index (χ1v) is 11.0. The highest BCUT2D eigenvalue weighted by atomic mass is 32.2. The molecule has 0 fully saturated rings. The topological polar surface area (TPSA) is 74.5 Å². The van der Waals surface area contributed by atoms with Crippen LogP contribution < -0.4 is 4.74 Å². The van der Waals surface area contributed by atoms with Crippen LogP contribution in [0.25, 0.3) is 11.5 Å². The molecule has 4 aromatic rings. The van der Waals surface area contributed by atoms with Crippen molar-refractivity contribution in [2.75, 3.05) is 7.11 Å². The largest absolute Gasteiger partial charge is 0.497 e. The van der Waals surface area contributed by atoms with Gasteiger partial charge in [0, 0.05) is 21.6 Å². The zero-order chi connectivity index (χ0) is 20.8. The van der Waals surface area contributed by atoms with Crippen molar-refractivity contribution in [3.8, 4) is 17.2 Å². The number of carbonyl (C=O) groups excluding carboxylic acids is 1. The number of aromatic nitrogens is 2. The Bertz CT molecular complexity index is 1090. The molecule has 2 heterocycles. The highest BCUT2D eigenvalue weighted by Crippen LogP contribution is 2.24. The van der Waals surface area contributed by atoms with Gasteiger partial charge in [0.05, 0.1) is 23.9 Å². The second-order valence-electron chi connectivity index (χ2n) is 6.24. The fourth-order valence-corrected chi connectivity index (χ4v) is 4.08. The minimum absolute atomic E-state index is 0.0405. The maximum atomic E-state index is 12.3. The molecule has 0 aliphatic heterocycles. The number of ether oxygens (including phenoxy) is 2. The van der Waals surface area contributed by atoms with E-state index in [1.165, 1.54) is 6.26 Å². The lowest BCUT2D eigenvalue weighted by atomic mass is 10.2. The number of esters is 1. The van der Waals surface area contributed by atoms with Crippen molar-refractivity contribution < 1.29 is 18.7 Å². The number of hydrogen-bond acceptors (Lipinski definition) is 8. The molecule has 0 amide bonds. The standard InChI is InChI=1S/C22H18N2O4S2/c1-26-19-6-2-15(3-7-19)21-24-17(10-27-21)11-28-22(25)16-4-8-20(9-5-16)30-13-18-12-29-14-23-18/h2-10,12,14H,11,13H2,1H3. The predicted molar refractivity (Wildman–Crippen MR) is 116 cm³/mol. The minimum atomic E-state index is -0.403. The number of nitrogens with zero attached hydrogens (tertiary/aromatic N) is 2. The fraction of sp³-hybridized carbons (Fsp3) is 0.136. The van der Waals surface area contributed by atoms with Gasteiger partial charge in [-0.05, 0) is 48.5 Å². The Labute approximate surface area is 181 Å². The highest BCUT2D eigenvalue weighted by molar-refractivity contribution is 7.98. The third-order valence-electron chi connectivity index (χ3n) is 4.20. The van der Waals surface area contributed by atoms with Crippen LogP contribution in [0.5, 0.6) is 5.75 Å². The number of oxazole rings is 1. The summed E-state index contributed by atoms with van der Waals surface area (Å²) in [6.07, 6.45) is 1.49. The molecule has 6 nitrogen and oxygen atoms in total. The number of carbonyl (C=O) groups is 1. The van der Waals surface area contributed by atoms with E-state index in [4.69, 9.17) is 13.9 Å². The number of hydrogen-bond donors (Lipinski definition) is 0. The van der Waals surface area contributed by atoms with Crippen LogP contribution in [-0.4, -0.2) is 23.0 Å². The van der Waals surface area contributed by atoms with Gasteiger partial charge in [0.1, 0.15) is 24.3 Å². The molecule has 30 heavy (non-hydrogen) atoms. The fourth-order valence-electron chi connectivity index (χ4n) is 2.62. The second-order valence-corrected chi connectivity index (χ2v) is 8.01. The molecule has 2 aromatic carbocycles. The van der Waals surface area contributed by atoms with Gasteiger partial charge >= 0.3 is 5.97 Å². The molecule has 152 valence electrons. The van der Waals surface area contributed by atoms with E-state index in [2.05, 4.69) is 9.97 Å². The molecule has 8 heteroatoms. The van der Waals surface area contributed by atoms with Crippen molar-refractivity contribution in [1.82, 2.24) is 9.97 Å². The monoisotopic (exact) mass is 438 g/mol. The molecule has 0 saturated carbocycles. The van der Waals surface area contributed by atoms with Crippen LogP contribution >= 0.6 is 23.1 Å². The Kier molecular flexibility index (Phi) is 6.46. The van der Waals surface area contributed by atoms with Gasteiger partial charge in [0.25, 0.3) is 0 Å². The molecule has 0 saturated heterocycles. The minimum Gasteiger partial charge on any atom is -0.497 e. The molecule has 4 rings (SSSR count). The average Bonchev–Trinajstić information content (AvgIpc) is 3.49. The molecule has 0 spiro atoms. The molecule has 0 bridgehead atoms. The molecule has 0 aliphatic carbocycles. The van der Waals surface area contributed by atoms with Crippen LogP contribution in [0.15, 0.2) is 75.0 Å². The number of methoxy groups -OCH3 is 1. The van der Waals surface area contributed by atoms with Crippen molar-refractivity contribution in [2.45, 2.75) is 17.3 Å². The zero-order valence-electron chi connectivity index (χ0n) is 16.1. The van der Waals surface area contributed by atoms with Gasteiger partial charge in [-0.3, -0.25) is 0 Å². The Morgan fingerprint density at radius 3 is 2.60 bits per heavy atom. The van der Waals surface area contributed by atoms with E-state index < -0.39 is 5.97 Å². The lowest BCUT2D eigenvalue weighted by Gasteiger charge is -2.04. The summed E-state index contributed by atoms with van der Waals surface area (Å²) in [5, 5.41) is 2.03. The molecule has 0 unspecified atom stereocenters. The van der Waals surface area contributed by atoms with E-state index in [0.717, 1.165) is 27.7 Å². The van der Waals surface area contributed by atoms with E-state index in [1.807, 2.05) is 47.3 Å². The number of benzene rings is 2. The molecular weight excluding hydrogens is 420 g/mol. The molecule has 0 atom stereocenters. The van der Waals surface area contributed by atoms with Crippen LogP contribution in [0, 0.1) is 0 Å². The van der Waals surface area contributed by atoms with Gasteiger partial charge in [0.15, 0.2) is 0 Å². The van der Waals surface area contributed by atoms with Gasteiger partial charge in [-0.15, -0.1) is 23.1 Å². The maximum Gasteiger partial charge on any atom is 0.338 e. The summed E-state index contributed by atoms with van der Waals surface area (Å²) in [6, 6.07) is 14.7. The van der Waals surface area contributed by atoms with Gasteiger partial charge in [-0.2, -0.15) is 0 Å². The number of rotatable bonds is 8. The first-order chi connectivity index (χ1) is 14.7. The SMILES string of the molecule is COc1ccc(-c2nc(COC(=O)c3ccc(SCc4cscn4)cc3)co2)cc1. The normalized spacial score (nSPS) is 10.7. The number of thioether (sulfide) groups is 1. The van der Waals surface area contributed by atoms with Crippen molar-refractivity contribution in [2.24, 2.45) is 0 Å². The summed E-state index contributed by atoms with van der Waals surface area (Å²) in [5.41, 5.74) is 4.73. The van der Waals surface area contributed by atoms with Crippen LogP contribution in [0.2, 0.25) is 0 Å². The summed E-state index contributed by atoms with van der Waals surface area (Å²) < 4.78 is 16.0. The second kappa shape index (κ2) is 9.60. The van der Waals surface area contributed by atoms with Crippen molar-refractivity contribution in [1.29, 1.82) is 0 Å². The molecule has 2 aromatic heterocycles. The summed E-state index contributed by atoms with van der Waals surface area (Å²) in [5.74, 6) is 1.62. The smallest absolute Gasteiger partial charge is 0.338 e.